The van der Waals surface area contributed by atoms with Crippen molar-refractivity contribution in [3.05, 3.63) is 84.1 Å². The number of hydrogen-bond donors (Lipinski definition) is 0. The van der Waals surface area contributed by atoms with E-state index in [1.165, 1.54) is 6.26 Å². The van der Waals surface area contributed by atoms with Crippen molar-refractivity contribution in [2.45, 2.75) is 4.90 Å². The lowest BCUT2D eigenvalue weighted by molar-refractivity contribution is 0.0699. The van der Waals surface area contributed by atoms with Gasteiger partial charge in [-0.3, -0.25) is 4.79 Å². The molecular formula is C24H19F2N3O4S. The minimum atomic E-state index is -4.24. The standard InChI is InChI=1S/C24H19F2N3O4S/c25-16-7-8-19(26)23(14-16)34(31,32)29-11-9-28(10-12-29)24(30)18-15-21(22-6-3-13-33-22)27-20-5-2-1-4-17(18)20/h1-8,13-15H,9-12H2. The monoisotopic (exact) mass is 483 g/mol. The quantitative estimate of drug-likeness (QED) is 0.439. The Kier molecular flexibility index (Phi) is 5.62. The Bertz CT molecular complexity index is 1480. The smallest absolute Gasteiger partial charge is 0.254 e. The third-order valence-electron chi connectivity index (χ3n) is 5.76. The average Bonchev–Trinajstić information content (AvgIpc) is 3.39. The number of furan rings is 1. The topological polar surface area (TPSA) is 83.7 Å². The zero-order valence-corrected chi connectivity index (χ0v) is 18.6. The summed E-state index contributed by atoms with van der Waals surface area (Å²) in [5.41, 5.74) is 1.56. The molecule has 1 aliphatic heterocycles. The Morgan fingerprint density at radius 1 is 0.941 bits per heavy atom. The second-order valence-electron chi connectivity index (χ2n) is 7.82. The zero-order valence-electron chi connectivity index (χ0n) is 17.8. The third kappa shape index (κ3) is 3.95. The van der Waals surface area contributed by atoms with Gasteiger partial charge in [0.15, 0.2) is 5.76 Å². The number of amides is 1. The van der Waals surface area contributed by atoms with Crippen molar-refractivity contribution in [3.63, 3.8) is 0 Å². The third-order valence-corrected chi connectivity index (χ3v) is 7.67. The minimum Gasteiger partial charge on any atom is -0.463 e. The number of rotatable bonds is 4. The number of halogens is 2. The first kappa shape index (κ1) is 22.2. The first-order chi connectivity index (χ1) is 16.3. The van der Waals surface area contributed by atoms with Gasteiger partial charge < -0.3 is 9.32 Å². The normalized spacial score (nSPS) is 15.1. The maximum Gasteiger partial charge on any atom is 0.254 e. The molecule has 5 rings (SSSR count). The number of carbonyl (C=O) groups is 1. The van der Waals surface area contributed by atoms with Gasteiger partial charge >= 0.3 is 0 Å². The van der Waals surface area contributed by atoms with Gasteiger partial charge in [0.05, 0.1) is 17.3 Å². The van der Waals surface area contributed by atoms with Gasteiger partial charge in [0, 0.05) is 31.6 Å². The highest BCUT2D eigenvalue weighted by Crippen LogP contribution is 2.27. The summed E-state index contributed by atoms with van der Waals surface area (Å²) in [7, 11) is -4.24. The lowest BCUT2D eigenvalue weighted by Crippen LogP contribution is -2.50. The first-order valence-corrected chi connectivity index (χ1v) is 12.0. The summed E-state index contributed by atoms with van der Waals surface area (Å²) in [5, 5.41) is 0.666. The largest absolute Gasteiger partial charge is 0.463 e. The zero-order chi connectivity index (χ0) is 23.9. The van der Waals surface area contributed by atoms with E-state index in [1.807, 2.05) is 12.1 Å². The molecule has 0 radical (unpaired) electrons. The molecule has 3 heterocycles. The Labute approximate surface area is 194 Å². The molecule has 2 aromatic heterocycles. The predicted octanol–water partition coefficient (Wildman–Crippen LogP) is 3.92. The van der Waals surface area contributed by atoms with E-state index < -0.39 is 26.6 Å². The van der Waals surface area contributed by atoms with Crippen LogP contribution in [0.2, 0.25) is 0 Å². The van der Waals surface area contributed by atoms with E-state index in [0.717, 1.165) is 16.4 Å². The van der Waals surface area contributed by atoms with E-state index >= 15 is 0 Å². The summed E-state index contributed by atoms with van der Waals surface area (Å²) < 4.78 is 59.9. The summed E-state index contributed by atoms with van der Waals surface area (Å²) in [6.45, 7) is 0.111. The number of fused-ring (bicyclic) bond motifs is 1. The van der Waals surface area contributed by atoms with Crippen LogP contribution in [0.25, 0.3) is 22.4 Å². The molecule has 1 fully saturated rings. The van der Waals surface area contributed by atoms with Crippen LogP contribution < -0.4 is 0 Å². The Balaban J connectivity index is 1.41. The molecule has 0 saturated carbocycles. The maximum atomic E-state index is 14.1. The van der Waals surface area contributed by atoms with E-state index in [4.69, 9.17) is 4.42 Å². The molecule has 2 aromatic carbocycles. The molecule has 7 nitrogen and oxygen atoms in total. The van der Waals surface area contributed by atoms with Crippen LogP contribution >= 0.6 is 0 Å². The molecule has 1 aliphatic rings. The average molecular weight is 483 g/mol. The van der Waals surface area contributed by atoms with E-state index in [1.54, 1.807) is 35.2 Å². The molecule has 1 amide bonds. The fourth-order valence-electron chi connectivity index (χ4n) is 4.02. The van der Waals surface area contributed by atoms with Crippen molar-refractivity contribution < 1.29 is 26.4 Å². The van der Waals surface area contributed by atoms with E-state index in [9.17, 15) is 22.0 Å². The maximum absolute atomic E-state index is 14.1. The van der Waals surface area contributed by atoms with Gasteiger partial charge in [0.2, 0.25) is 10.0 Å². The predicted molar refractivity (Wildman–Crippen MR) is 120 cm³/mol. The molecule has 4 aromatic rings. The van der Waals surface area contributed by atoms with Crippen LogP contribution in [-0.2, 0) is 10.0 Å². The number of piperazine rings is 1. The number of sulfonamides is 1. The number of pyridine rings is 1. The molecule has 0 spiro atoms. The lowest BCUT2D eigenvalue weighted by Gasteiger charge is -2.34. The van der Waals surface area contributed by atoms with Crippen LogP contribution in [0.3, 0.4) is 0 Å². The van der Waals surface area contributed by atoms with Crippen LogP contribution in [-0.4, -0.2) is 54.7 Å². The van der Waals surface area contributed by atoms with E-state index in [2.05, 4.69) is 4.98 Å². The van der Waals surface area contributed by atoms with Crippen molar-refractivity contribution in [1.29, 1.82) is 0 Å². The number of benzene rings is 2. The van der Waals surface area contributed by atoms with Crippen LogP contribution in [0.1, 0.15) is 10.4 Å². The minimum absolute atomic E-state index is 0.0436. The summed E-state index contributed by atoms with van der Waals surface area (Å²) in [4.78, 5) is 18.9. The van der Waals surface area contributed by atoms with Gasteiger partial charge in [-0.15, -0.1) is 0 Å². The van der Waals surface area contributed by atoms with E-state index in [-0.39, 0.29) is 32.1 Å². The number of carbonyl (C=O) groups excluding carboxylic acids is 1. The summed E-state index contributed by atoms with van der Waals surface area (Å²) in [6, 6.07) is 14.7. The van der Waals surface area contributed by atoms with Gasteiger partial charge in [0.25, 0.3) is 5.91 Å². The highest BCUT2D eigenvalue weighted by molar-refractivity contribution is 7.89. The highest BCUT2D eigenvalue weighted by Gasteiger charge is 2.33. The van der Waals surface area contributed by atoms with Gasteiger partial charge in [0.1, 0.15) is 22.2 Å². The van der Waals surface area contributed by atoms with Crippen LogP contribution in [0.15, 0.2) is 76.2 Å². The van der Waals surface area contributed by atoms with Crippen LogP contribution in [0, 0.1) is 11.6 Å². The second kappa shape index (κ2) is 8.62. The van der Waals surface area contributed by atoms with Crippen LogP contribution in [0.5, 0.6) is 0 Å². The molecule has 0 aliphatic carbocycles. The van der Waals surface area contributed by atoms with Crippen molar-refractivity contribution in [1.82, 2.24) is 14.2 Å². The lowest BCUT2D eigenvalue weighted by atomic mass is 10.1. The molecule has 10 heteroatoms. The van der Waals surface area contributed by atoms with Crippen molar-refractivity contribution in [3.8, 4) is 11.5 Å². The molecule has 34 heavy (non-hydrogen) atoms. The number of para-hydroxylation sites is 1. The number of aromatic nitrogens is 1. The van der Waals surface area contributed by atoms with Gasteiger partial charge in [-0.1, -0.05) is 18.2 Å². The molecule has 0 N–H and O–H groups in total. The first-order valence-electron chi connectivity index (χ1n) is 10.5. The van der Waals surface area contributed by atoms with Crippen LogP contribution in [0.4, 0.5) is 8.78 Å². The molecule has 0 unspecified atom stereocenters. The fraction of sp³-hybridized carbons (Fsp3) is 0.167. The molecular weight excluding hydrogens is 464 g/mol. The van der Waals surface area contributed by atoms with Crippen molar-refractivity contribution in [2.24, 2.45) is 0 Å². The molecule has 1 saturated heterocycles. The van der Waals surface area contributed by atoms with Gasteiger partial charge in [-0.2, -0.15) is 4.31 Å². The second-order valence-corrected chi connectivity index (χ2v) is 9.73. The van der Waals surface area contributed by atoms with Crippen molar-refractivity contribution >= 4 is 26.8 Å². The fourth-order valence-corrected chi connectivity index (χ4v) is 5.52. The Morgan fingerprint density at radius 3 is 2.44 bits per heavy atom. The highest BCUT2D eigenvalue weighted by atomic mass is 32.2. The Hall–Kier alpha value is -3.63. The summed E-state index contributed by atoms with van der Waals surface area (Å²) >= 11 is 0. The molecule has 174 valence electrons. The molecule has 0 atom stereocenters. The van der Waals surface area contributed by atoms with E-state index in [0.29, 0.717) is 34.0 Å². The molecule has 0 bridgehead atoms. The Morgan fingerprint density at radius 2 is 1.71 bits per heavy atom. The number of hydrogen-bond acceptors (Lipinski definition) is 5. The van der Waals surface area contributed by atoms with Crippen molar-refractivity contribution in [2.75, 3.05) is 26.2 Å². The van der Waals surface area contributed by atoms with Gasteiger partial charge in [-0.25, -0.2) is 22.2 Å². The SMILES string of the molecule is O=C(c1cc(-c2ccco2)nc2ccccc12)N1CCN(S(=O)(=O)c2cc(F)ccc2F)CC1. The number of nitrogens with zero attached hydrogens (tertiary/aromatic N) is 3. The summed E-state index contributed by atoms with van der Waals surface area (Å²) in [5.74, 6) is -1.62. The summed E-state index contributed by atoms with van der Waals surface area (Å²) in [6.07, 6.45) is 1.52. The van der Waals surface area contributed by atoms with Gasteiger partial charge in [-0.05, 0) is 42.5 Å².